The first-order chi connectivity index (χ1) is 30.5. The van der Waals surface area contributed by atoms with Crippen LogP contribution in [-0.2, 0) is 0 Å². The van der Waals surface area contributed by atoms with Gasteiger partial charge in [0.25, 0.3) is 0 Å². The Kier molecular flexibility index (Phi) is 16.6. The highest BCUT2D eigenvalue weighted by Crippen LogP contribution is 2.21. The van der Waals surface area contributed by atoms with E-state index in [0.29, 0.717) is 34.7 Å². The summed E-state index contributed by atoms with van der Waals surface area (Å²) >= 11 is 31.5. The molecule has 0 radical (unpaired) electrons. The molecule has 0 saturated carbocycles. The van der Waals surface area contributed by atoms with Crippen LogP contribution in [0.2, 0.25) is 5.02 Å². The first-order valence-corrected chi connectivity index (χ1v) is 21.2. The summed E-state index contributed by atoms with van der Waals surface area (Å²) in [6.45, 7) is 0. The number of phenolic OH excluding ortho intramolecular Hbond substituents is 1. The second-order valence-electron chi connectivity index (χ2n) is 12.1. The maximum atomic E-state index is 9.05. The Labute approximate surface area is 390 Å². The van der Waals surface area contributed by atoms with Gasteiger partial charge in [0.15, 0.2) is 29.1 Å². The summed E-state index contributed by atoms with van der Waals surface area (Å²) < 4.78 is 7.33. The number of aromatic nitrogens is 16. The monoisotopic (exact) mass is 972 g/mol. The molecule has 0 amide bonds. The zero-order valence-corrected chi connectivity index (χ0v) is 38.0. The van der Waals surface area contributed by atoms with Crippen molar-refractivity contribution >= 4 is 84.0 Å². The largest absolute Gasteiger partial charge is 0.508 e. The predicted molar refractivity (Wildman–Crippen MR) is 255 cm³/mol. The van der Waals surface area contributed by atoms with Crippen LogP contribution in [0.4, 0.5) is 0 Å². The number of nitrogens with zero attached hydrogens (tertiary/aromatic N) is 6. The number of aromatic amines is 10. The van der Waals surface area contributed by atoms with Crippen molar-refractivity contribution in [2.24, 2.45) is 0 Å². The van der Waals surface area contributed by atoms with E-state index in [9.17, 15) is 0 Å². The molecule has 0 fully saturated rings. The molecule has 3 aromatic carbocycles. The number of halogens is 1. The SMILES string of the molecule is COc1ccc(-c2nc(=S)[nH][nH]2)cc1.Oc1ccc(-c2nc(=S)[nH][nH]2)cc1.S=c1nc(-c2ccc(Cl)cc2)[nH][nH]1.S=c1nc(-c2cccs2)[nH][nH]1.S=c1nc(-c2ccncc2)[nH][nH]1. The number of nitrogens with one attached hydrogen (secondary N) is 10. The fraction of sp³-hybridized carbons (Fsp3) is 0.0263. The van der Waals surface area contributed by atoms with Crippen molar-refractivity contribution in [3.63, 3.8) is 0 Å². The van der Waals surface area contributed by atoms with Gasteiger partial charge in [-0.1, -0.05) is 17.7 Å². The number of methoxy groups -OCH3 is 1. The lowest BCUT2D eigenvalue weighted by Crippen LogP contribution is -1.83. The molecular formula is C38H33ClN16O2S6. The van der Waals surface area contributed by atoms with Crippen LogP contribution in [0.15, 0.2) is 115 Å². The molecule has 25 heteroatoms. The maximum Gasteiger partial charge on any atom is 0.213 e. The summed E-state index contributed by atoms with van der Waals surface area (Å²) in [4.78, 5) is 25.3. The van der Waals surface area contributed by atoms with Crippen LogP contribution in [0.3, 0.4) is 0 Å². The van der Waals surface area contributed by atoms with Crippen LogP contribution in [0.5, 0.6) is 11.5 Å². The summed E-state index contributed by atoms with van der Waals surface area (Å²) in [7, 11) is 1.64. The molecule has 0 saturated heterocycles. The minimum Gasteiger partial charge on any atom is -0.508 e. The van der Waals surface area contributed by atoms with Crippen LogP contribution in [0.25, 0.3) is 56.3 Å². The van der Waals surface area contributed by atoms with E-state index in [1.165, 1.54) is 0 Å². The quantitative estimate of drug-likeness (QED) is 0.0694. The Morgan fingerprint density at radius 1 is 0.476 bits per heavy atom. The molecule has 0 spiro atoms. The Balaban J connectivity index is 0.000000131. The van der Waals surface area contributed by atoms with Crippen LogP contribution in [0.1, 0.15) is 0 Å². The second-order valence-corrected chi connectivity index (χ2v) is 15.4. The topological polar surface area (TPSA) is 265 Å². The first kappa shape index (κ1) is 45.7. The van der Waals surface area contributed by atoms with Crippen molar-refractivity contribution in [1.29, 1.82) is 0 Å². The maximum absolute atomic E-state index is 9.05. The Morgan fingerprint density at radius 2 is 0.841 bits per heavy atom. The molecule has 11 N–H and O–H groups in total. The first-order valence-electron chi connectivity index (χ1n) is 17.9. The third-order valence-electron chi connectivity index (χ3n) is 7.84. The van der Waals surface area contributed by atoms with Gasteiger partial charge in [-0.3, -0.25) is 56.0 Å². The Bertz CT molecular complexity index is 3110. The van der Waals surface area contributed by atoms with Crippen LogP contribution in [0, 0.1) is 23.9 Å². The van der Waals surface area contributed by atoms with Gasteiger partial charge in [-0.15, -0.1) is 11.3 Å². The fourth-order valence-corrected chi connectivity index (χ4v) is 6.42. The van der Waals surface area contributed by atoms with Crippen molar-refractivity contribution in [2.45, 2.75) is 0 Å². The number of rotatable bonds is 6. The standard InChI is InChI=1S/C9H9N3OS.C8H6ClN3S.C8H7N3OS.C7H6N4S.C6H5N3S2/c1-13-7-4-2-6(3-5-7)8-10-9(14)12-11-8;9-6-3-1-5(2-4-6)7-10-8(13)12-11-7;12-6-3-1-5(2-4-6)7-9-8(13)11-10-7;12-7-9-6(10-11-7)5-1-3-8-4-2-5;10-6-7-5(8-9-6)4-2-1-3-11-4/h2-5H,1H3,(H2,10,11,12,14);1-4H,(H2,10,11,12,13);1-4,12H,(H2,9,10,11,13);1-4H,(H2,9,10,11,12);1-3H,(H2,7,8,9,10). The molecule has 0 unspecified atom stereocenters. The van der Waals surface area contributed by atoms with Gasteiger partial charge in [0, 0.05) is 39.7 Å². The number of H-pyrrole nitrogens is 10. The van der Waals surface area contributed by atoms with Crippen molar-refractivity contribution < 1.29 is 9.84 Å². The van der Waals surface area contributed by atoms with Gasteiger partial charge in [-0.2, -0.15) is 24.9 Å². The van der Waals surface area contributed by atoms with E-state index in [1.807, 2.05) is 78.2 Å². The third-order valence-corrected chi connectivity index (χ3v) is 9.93. The molecule has 10 rings (SSSR count). The van der Waals surface area contributed by atoms with E-state index in [-0.39, 0.29) is 5.75 Å². The minimum atomic E-state index is 0.234. The lowest BCUT2D eigenvalue weighted by molar-refractivity contribution is 0.415. The van der Waals surface area contributed by atoms with Crippen molar-refractivity contribution in [3.8, 4) is 67.8 Å². The van der Waals surface area contributed by atoms with E-state index in [2.05, 4.69) is 80.9 Å². The van der Waals surface area contributed by atoms with Crippen LogP contribution in [-0.4, -0.2) is 93.1 Å². The molecule has 0 bridgehead atoms. The molecule has 10 aromatic rings. The second kappa shape index (κ2) is 22.9. The number of ether oxygens (including phenoxy) is 1. The molecule has 0 aliphatic carbocycles. The number of hydrogen-bond acceptors (Lipinski definition) is 14. The smallest absolute Gasteiger partial charge is 0.213 e. The molecule has 0 atom stereocenters. The number of benzene rings is 3. The summed E-state index contributed by atoms with van der Waals surface area (Å²) in [6.07, 6.45) is 3.42. The summed E-state index contributed by atoms with van der Waals surface area (Å²) in [6, 6.07) is 29.4. The number of pyridine rings is 1. The van der Waals surface area contributed by atoms with Crippen LogP contribution >= 0.6 is 84.0 Å². The van der Waals surface area contributed by atoms with Gasteiger partial charge in [-0.05, 0) is 157 Å². The zero-order valence-electron chi connectivity index (χ0n) is 32.3. The molecule has 63 heavy (non-hydrogen) atoms. The van der Waals surface area contributed by atoms with Gasteiger partial charge >= 0.3 is 0 Å². The van der Waals surface area contributed by atoms with E-state index in [1.54, 1.807) is 55.1 Å². The summed E-state index contributed by atoms with van der Waals surface area (Å²) in [5.74, 6) is 4.73. The summed E-state index contributed by atoms with van der Waals surface area (Å²) in [5, 5.41) is 39.7. The average Bonchev–Trinajstić information content (AvgIpc) is 4.18. The average molecular weight is 974 g/mol. The van der Waals surface area contributed by atoms with Crippen molar-refractivity contribution in [2.75, 3.05) is 7.11 Å². The molecule has 18 nitrogen and oxygen atoms in total. The molecule has 0 aliphatic rings. The number of aromatic hydroxyl groups is 1. The van der Waals surface area contributed by atoms with Gasteiger partial charge in [0.05, 0.1) is 12.0 Å². The van der Waals surface area contributed by atoms with Gasteiger partial charge in [0.2, 0.25) is 23.9 Å². The van der Waals surface area contributed by atoms with Crippen molar-refractivity contribution in [3.05, 3.63) is 144 Å². The lowest BCUT2D eigenvalue weighted by atomic mass is 10.2. The molecule has 320 valence electrons. The van der Waals surface area contributed by atoms with E-state index in [0.717, 1.165) is 56.2 Å². The van der Waals surface area contributed by atoms with Gasteiger partial charge in [-0.25, -0.2) is 0 Å². The zero-order chi connectivity index (χ0) is 44.6. The number of thiophene rings is 1. The molecule has 7 heterocycles. The van der Waals surface area contributed by atoms with Gasteiger partial charge in [0.1, 0.15) is 11.5 Å². The highest BCUT2D eigenvalue weighted by molar-refractivity contribution is 7.72. The molecule has 7 aromatic heterocycles. The summed E-state index contributed by atoms with van der Waals surface area (Å²) in [5.41, 5.74) is 3.78. The number of phenols is 1. The molecular weight excluding hydrogens is 940 g/mol. The van der Waals surface area contributed by atoms with E-state index >= 15 is 0 Å². The van der Waals surface area contributed by atoms with Gasteiger partial charge < -0.3 is 9.84 Å². The normalized spacial score (nSPS) is 10.1. The molecule has 0 aliphatic heterocycles. The van der Waals surface area contributed by atoms with E-state index in [4.69, 9.17) is 82.5 Å². The third kappa shape index (κ3) is 14.1. The predicted octanol–water partition coefficient (Wildman–Crippen LogP) is 10.5. The Morgan fingerprint density at radius 3 is 1.19 bits per heavy atom. The fourth-order valence-electron chi connectivity index (χ4n) is 4.91. The van der Waals surface area contributed by atoms with Crippen molar-refractivity contribution in [1.82, 2.24) is 80.9 Å². The lowest BCUT2D eigenvalue weighted by Gasteiger charge is -1.99. The number of hydrogen-bond donors (Lipinski definition) is 11. The highest BCUT2D eigenvalue weighted by Gasteiger charge is 2.03. The minimum absolute atomic E-state index is 0.234. The Hall–Kier alpha value is -6.80. The van der Waals surface area contributed by atoms with E-state index < -0.39 is 0 Å². The highest BCUT2D eigenvalue weighted by atomic mass is 35.5. The van der Waals surface area contributed by atoms with Crippen LogP contribution < -0.4 is 4.74 Å².